The first kappa shape index (κ1) is 26.2. The van der Waals surface area contributed by atoms with Crippen molar-refractivity contribution >= 4 is 23.4 Å². The van der Waals surface area contributed by atoms with Crippen LogP contribution in [0.1, 0.15) is 44.9 Å². The first-order valence-electron chi connectivity index (χ1n) is 12.0. The number of benzene rings is 2. The predicted molar refractivity (Wildman–Crippen MR) is 142 cm³/mol. The van der Waals surface area contributed by atoms with E-state index in [1.807, 2.05) is 50.2 Å². The van der Waals surface area contributed by atoms with Crippen molar-refractivity contribution in [2.24, 2.45) is 4.99 Å². The SMILES string of the molecule is CCOC(=O)C1=C(C)N=c2s/c(=C/c3cccc(OC)c3OC)c(=O)n2C1c1ccccc1OC(C)C. The van der Waals surface area contributed by atoms with Gasteiger partial charge in [-0.2, -0.15) is 0 Å². The van der Waals surface area contributed by atoms with Crippen LogP contribution >= 0.6 is 11.3 Å². The zero-order chi connectivity index (χ0) is 26.7. The van der Waals surface area contributed by atoms with Gasteiger partial charge in [-0.05, 0) is 45.9 Å². The van der Waals surface area contributed by atoms with Crippen molar-refractivity contribution in [1.82, 2.24) is 4.57 Å². The van der Waals surface area contributed by atoms with Crippen LogP contribution in [0.5, 0.6) is 17.2 Å². The lowest BCUT2D eigenvalue weighted by Crippen LogP contribution is -2.40. The van der Waals surface area contributed by atoms with Gasteiger partial charge in [0.05, 0.1) is 42.7 Å². The summed E-state index contributed by atoms with van der Waals surface area (Å²) in [6, 6.07) is 12.1. The van der Waals surface area contributed by atoms with Gasteiger partial charge < -0.3 is 18.9 Å². The molecule has 1 unspecified atom stereocenters. The van der Waals surface area contributed by atoms with Gasteiger partial charge in [0.1, 0.15) is 11.8 Å². The minimum Gasteiger partial charge on any atom is -0.493 e. The zero-order valence-corrected chi connectivity index (χ0v) is 22.5. The molecule has 0 N–H and O–H groups in total. The average Bonchev–Trinajstić information content (AvgIpc) is 3.17. The van der Waals surface area contributed by atoms with E-state index < -0.39 is 12.0 Å². The molecular weight excluding hydrogens is 492 g/mol. The molecule has 0 saturated heterocycles. The Morgan fingerprint density at radius 1 is 1.11 bits per heavy atom. The molecule has 0 spiro atoms. The number of rotatable bonds is 8. The van der Waals surface area contributed by atoms with Gasteiger partial charge in [0.25, 0.3) is 5.56 Å². The molecule has 1 aliphatic rings. The summed E-state index contributed by atoms with van der Waals surface area (Å²) in [5, 5.41) is 0. The van der Waals surface area contributed by atoms with Crippen LogP contribution < -0.4 is 29.1 Å². The number of carbonyl (C=O) groups is 1. The molecular formula is C28H30N2O6S. The van der Waals surface area contributed by atoms with E-state index in [1.54, 1.807) is 44.8 Å². The maximum absolute atomic E-state index is 13.9. The second-order valence-electron chi connectivity index (χ2n) is 8.59. The van der Waals surface area contributed by atoms with E-state index in [2.05, 4.69) is 4.99 Å². The maximum atomic E-state index is 13.9. The third-order valence-electron chi connectivity index (χ3n) is 5.81. The Morgan fingerprint density at radius 3 is 2.51 bits per heavy atom. The van der Waals surface area contributed by atoms with Gasteiger partial charge in [-0.1, -0.05) is 41.7 Å². The van der Waals surface area contributed by atoms with Crippen molar-refractivity contribution in [3.63, 3.8) is 0 Å². The van der Waals surface area contributed by atoms with Gasteiger partial charge >= 0.3 is 5.97 Å². The van der Waals surface area contributed by atoms with Crippen molar-refractivity contribution < 1.29 is 23.7 Å². The first-order valence-corrected chi connectivity index (χ1v) is 12.8. The van der Waals surface area contributed by atoms with E-state index in [1.165, 1.54) is 11.3 Å². The highest BCUT2D eigenvalue weighted by molar-refractivity contribution is 7.07. The number of hydrogen-bond acceptors (Lipinski definition) is 8. The van der Waals surface area contributed by atoms with Gasteiger partial charge in [-0.15, -0.1) is 0 Å². The first-order chi connectivity index (χ1) is 17.8. The molecule has 0 bridgehead atoms. The molecule has 0 aliphatic carbocycles. The maximum Gasteiger partial charge on any atom is 0.338 e. The van der Waals surface area contributed by atoms with Crippen molar-refractivity contribution in [3.8, 4) is 17.2 Å². The number of carbonyl (C=O) groups excluding carboxylic acids is 1. The largest absolute Gasteiger partial charge is 0.493 e. The molecule has 1 aromatic heterocycles. The second-order valence-corrected chi connectivity index (χ2v) is 9.60. The number of methoxy groups -OCH3 is 2. The number of hydrogen-bond donors (Lipinski definition) is 0. The van der Waals surface area contributed by atoms with Crippen molar-refractivity contribution in [1.29, 1.82) is 0 Å². The molecule has 9 heteroatoms. The van der Waals surface area contributed by atoms with Gasteiger partial charge in [-0.3, -0.25) is 9.36 Å². The predicted octanol–water partition coefficient (Wildman–Crippen LogP) is 3.60. The summed E-state index contributed by atoms with van der Waals surface area (Å²) in [6.07, 6.45) is 1.65. The van der Waals surface area contributed by atoms with Crippen LogP contribution in [-0.4, -0.2) is 37.5 Å². The third-order valence-corrected chi connectivity index (χ3v) is 6.80. The third kappa shape index (κ3) is 5.04. The molecule has 0 saturated carbocycles. The van der Waals surface area contributed by atoms with E-state index >= 15 is 0 Å². The Kier molecular flexibility index (Phi) is 7.83. The van der Waals surface area contributed by atoms with Crippen molar-refractivity contribution in [2.45, 2.75) is 39.8 Å². The fourth-order valence-electron chi connectivity index (χ4n) is 4.32. The molecule has 8 nitrogen and oxygen atoms in total. The van der Waals surface area contributed by atoms with Crippen LogP contribution in [0.3, 0.4) is 0 Å². The van der Waals surface area contributed by atoms with Crippen molar-refractivity contribution in [2.75, 3.05) is 20.8 Å². The lowest BCUT2D eigenvalue weighted by atomic mass is 9.95. The number of allylic oxidation sites excluding steroid dienone is 1. The number of fused-ring (bicyclic) bond motifs is 1. The topological polar surface area (TPSA) is 88.4 Å². The minimum absolute atomic E-state index is 0.103. The van der Waals surface area contributed by atoms with Crippen LogP contribution in [0.15, 0.2) is 63.5 Å². The highest BCUT2D eigenvalue weighted by Crippen LogP contribution is 2.36. The average molecular weight is 523 g/mol. The second kappa shape index (κ2) is 11.0. The van der Waals surface area contributed by atoms with Crippen LogP contribution in [-0.2, 0) is 9.53 Å². The van der Waals surface area contributed by atoms with Crippen LogP contribution in [0.2, 0.25) is 0 Å². The summed E-state index contributed by atoms with van der Waals surface area (Å²) < 4.78 is 24.4. The molecule has 2 heterocycles. The smallest absolute Gasteiger partial charge is 0.338 e. The van der Waals surface area contributed by atoms with E-state index in [4.69, 9.17) is 18.9 Å². The number of esters is 1. The van der Waals surface area contributed by atoms with Gasteiger partial charge in [0, 0.05) is 11.1 Å². The monoisotopic (exact) mass is 522 g/mol. The minimum atomic E-state index is -0.764. The molecule has 1 atom stereocenters. The zero-order valence-electron chi connectivity index (χ0n) is 21.7. The summed E-state index contributed by atoms with van der Waals surface area (Å²) in [7, 11) is 3.11. The number of nitrogens with zero attached hydrogens (tertiary/aromatic N) is 2. The Hall–Kier alpha value is -3.85. The van der Waals surface area contributed by atoms with E-state index in [9.17, 15) is 9.59 Å². The normalized spacial score (nSPS) is 15.3. The summed E-state index contributed by atoms with van der Waals surface area (Å²) in [6.45, 7) is 7.56. The highest BCUT2D eigenvalue weighted by atomic mass is 32.1. The summed E-state index contributed by atoms with van der Waals surface area (Å²) in [5.74, 6) is 1.15. The van der Waals surface area contributed by atoms with Gasteiger partial charge in [0.2, 0.25) is 0 Å². The van der Waals surface area contributed by atoms with Gasteiger partial charge in [0.15, 0.2) is 16.3 Å². The van der Waals surface area contributed by atoms with E-state index in [0.717, 1.165) is 0 Å². The molecule has 2 aromatic carbocycles. The summed E-state index contributed by atoms with van der Waals surface area (Å²) in [4.78, 5) is 32.2. The van der Waals surface area contributed by atoms with Gasteiger partial charge in [-0.25, -0.2) is 9.79 Å². The fraction of sp³-hybridized carbons (Fsp3) is 0.321. The van der Waals surface area contributed by atoms with E-state index in [-0.39, 0.29) is 18.3 Å². The Morgan fingerprint density at radius 2 is 1.84 bits per heavy atom. The molecule has 0 radical (unpaired) electrons. The molecule has 194 valence electrons. The Bertz CT molecular complexity index is 1530. The number of para-hydroxylation sites is 2. The molecule has 37 heavy (non-hydrogen) atoms. The quantitative estimate of drug-likeness (QED) is 0.420. The molecule has 0 fully saturated rings. The number of aromatic nitrogens is 1. The number of ether oxygens (including phenoxy) is 4. The lowest BCUT2D eigenvalue weighted by Gasteiger charge is -2.26. The van der Waals surface area contributed by atoms with Crippen LogP contribution in [0, 0.1) is 0 Å². The molecule has 3 aromatic rings. The lowest BCUT2D eigenvalue weighted by molar-refractivity contribution is -0.139. The highest BCUT2D eigenvalue weighted by Gasteiger charge is 2.35. The molecule has 1 aliphatic heterocycles. The van der Waals surface area contributed by atoms with Crippen molar-refractivity contribution in [3.05, 3.63) is 84.5 Å². The van der Waals surface area contributed by atoms with Crippen LogP contribution in [0.25, 0.3) is 6.08 Å². The molecule has 0 amide bonds. The standard InChI is InChI=1S/C28H30N2O6S/c1-7-35-27(32)23-17(4)29-28-30(24(23)19-12-8-9-13-20(19)36-16(2)3)26(31)22(37-28)15-18-11-10-14-21(33-5)25(18)34-6/h8-16,24H,7H2,1-6H3/b22-15+. The van der Waals surface area contributed by atoms with E-state index in [0.29, 0.717) is 49.0 Å². The molecule has 4 rings (SSSR count). The van der Waals surface area contributed by atoms with Crippen LogP contribution in [0.4, 0.5) is 0 Å². The number of thiazole rings is 1. The summed E-state index contributed by atoms with van der Waals surface area (Å²) >= 11 is 1.24. The fourth-order valence-corrected chi connectivity index (χ4v) is 5.36. The Balaban J connectivity index is 2.00. The summed E-state index contributed by atoms with van der Waals surface area (Å²) in [5.41, 5.74) is 1.88. The Labute approximate surface area is 219 Å².